The molecule has 1 N–H and O–H groups in total. The lowest BCUT2D eigenvalue weighted by molar-refractivity contribution is -0.119. The fraction of sp³-hybridized carbons (Fsp3) is 0.222. The van der Waals surface area contributed by atoms with Gasteiger partial charge >= 0.3 is 0 Å². The van der Waals surface area contributed by atoms with Crippen LogP contribution in [-0.2, 0) is 14.8 Å². The zero-order chi connectivity index (χ0) is 19.1. The molecule has 1 aliphatic rings. The minimum absolute atomic E-state index is 0.167. The van der Waals surface area contributed by atoms with E-state index in [0.717, 1.165) is 9.87 Å². The van der Waals surface area contributed by atoms with Gasteiger partial charge in [0.25, 0.3) is 5.91 Å². The number of sulfonamides is 1. The van der Waals surface area contributed by atoms with Gasteiger partial charge in [0, 0.05) is 16.3 Å². The molecule has 2 aromatic rings. The van der Waals surface area contributed by atoms with Crippen LogP contribution in [0.4, 0.5) is 11.4 Å². The normalized spacial score (nSPS) is 18.8. The van der Waals surface area contributed by atoms with Gasteiger partial charge in [-0.25, -0.2) is 12.7 Å². The number of amides is 2. The lowest BCUT2D eigenvalue weighted by Gasteiger charge is -2.16. The first-order valence-corrected chi connectivity index (χ1v) is 9.92. The second kappa shape index (κ2) is 6.74. The Labute approximate surface area is 156 Å². The van der Waals surface area contributed by atoms with Gasteiger partial charge in [-0.15, -0.1) is 0 Å². The first kappa shape index (κ1) is 18.4. The van der Waals surface area contributed by atoms with Crippen LogP contribution in [0.25, 0.3) is 0 Å². The Hall–Kier alpha value is -2.38. The summed E-state index contributed by atoms with van der Waals surface area (Å²) in [6, 6.07) is 11.1. The quantitative estimate of drug-likeness (QED) is 0.869. The number of hydrogen-bond donors (Lipinski definition) is 1. The summed E-state index contributed by atoms with van der Waals surface area (Å²) in [6.45, 7) is 3.38. The van der Waals surface area contributed by atoms with Crippen LogP contribution in [0.3, 0.4) is 0 Å². The summed E-state index contributed by atoms with van der Waals surface area (Å²) in [7, 11) is -3.71. The third kappa shape index (κ3) is 3.45. The van der Waals surface area contributed by atoms with Gasteiger partial charge in [0.1, 0.15) is 0 Å². The van der Waals surface area contributed by atoms with Gasteiger partial charge in [-0.05, 0) is 48.9 Å². The number of carbonyl (C=O) groups is 2. The number of hydrogen-bond acceptors (Lipinski definition) is 4. The molecule has 26 heavy (non-hydrogen) atoms. The molecule has 0 spiro atoms. The maximum Gasteiger partial charge on any atom is 0.255 e. The SMILES string of the molecule is Cc1cc(Cl)ccc1NC(=O)c1cccc(N2C(=O)[C@H](C)CS2(=O)=O)c1. The van der Waals surface area contributed by atoms with Crippen LogP contribution in [0.2, 0.25) is 5.02 Å². The highest BCUT2D eigenvalue weighted by Gasteiger charge is 2.42. The average Bonchev–Trinajstić information content (AvgIpc) is 2.77. The van der Waals surface area contributed by atoms with Gasteiger partial charge < -0.3 is 5.32 Å². The van der Waals surface area contributed by atoms with Crippen molar-refractivity contribution in [3.8, 4) is 0 Å². The molecule has 2 amide bonds. The number of anilines is 2. The number of carbonyl (C=O) groups excluding carboxylic acids is 2. The largest absolute Gasteiger partial charge is 0.322 e. The van der Waals surface area contributed by atoms with Crippen molar-refractivity contribution in [1.29, 1.82) is 0 Å². The van der Waals surface area contributed by atoms with Crippen LogP contribution >= 0.6 is 11.6 Å². The summed E-state index contributed by atoms with van der Waals surface area (Å²) in [5.41, 5.74) is 1.82. The molecule has 0 unspecified atom stereocenters. The molecule has 6 nitrogen and oxygen atoms in total. The van der Waals surface area contributed by atoms with Crippen molar-refractivity contribution in [1.82, 2.24) is 0 Å². The fourth-order valence-corrected chi connectivity index (χ4v) is 4.86. The molecule has 1 atom stereocenters. The molecular formula is C18H17ClN2O4S. The van der Waals surface area contributed by atoms with E-state index in [1.165, 1.54) is 12.1 Å². The number of benzene rings is 2. The molecule has 0 bridgehead atoms. The van der Waals surface area contributed by atoms with Crippen molar-refractivity contribution in [3.63, 3.8) is 0 Å². The Morgan fingerprint density at radius 3 is 2.58 bits per heavy atom. The zero-order valence-electron chi connectivity index (χ0n) is 14.2. The number of nitrogens with zero attached hydrogens (tertiary/aromatic N) is 1. The summed E-state index contributed by atoms with van der Waals surface area (Å²) >= 11 is 5.91. The average molecular weight is 393 g/mol. The standard InChI is InChI=1S/C18H17ClN2O4S/c1-11-8-14(19)6-7-16(11)20-17(22)13-4-3-5-15(9-13)21-18(23)12(2)10-26(21,24)25/h3-9,12H,10H2,1-2H3,(H,20,22)/t12-/m1/s1. The molecule has 0 aliphatic carbocycles. The highest BCUT2D eigenvalue weighted by Crippen LogP contribution is 2.29. The molecule has 0 saturated carbocycles. The van der Waals surface area contributed by atoms with Gasteiger partial charge in [0.05, 0.1) is 17.4 Å². The van der Waals surface area contributed by atoms with Crippen LogP contribution in [0.1, 0.15) is 22.8 Å². The summed E-state index contributed by atoms with van der Waals surface area (Å²) in [5, 5.41) is 3.33. The van der Waals surface area contributed by atoms with Crippen LogP contribution in [0.5, 0.6) is 0 Å². The Bertz CT molecular complexity index is 1000. The maximum atomic E-state index is 12.5. The van der Waals surface area contributed by atoms with E-state index in [2.05, 4.69) is 5.32 Å². The molecule has 0 radical (unpaired) electrons. The van der Waals surface area contributed by atoms with Crippen molar-refractivity contribution in [2.45, 2.75) is 13.8 Å². The smallest absolute Gasteiger partial charge is 0.255 e. The van der Waals surface area contributed by atoms with E-state index in [0.29, 0.717) is 10.7 Å². The zero-order valence-corrected chi connectivity index (χ0v) is 15.8. The molecule has 1 aliphatic heterocycles. The van der Waals surface area contributed by atoms with E-state index in [4.69, 9.17) is 11.6 Å². The summed E-state index contributed by atoms with van der Waals surface area (Å²) < 4.78 is 25.2. The summed E-state index contributed by atoms with van der Waals surface area (Å²) in [5.74, 6) is -1.73. The number of rotatable bonds is 3. The van der Waals surface area contributed by atoms with Gasteiger partial charge in [-0.3, -0.25) is 9.59 Å². The molecule has 3 rings (SSSR count). The van der Waals surface area contributed by atoms with Crippen molar-refractivity contribution in [3.05, 3.63) is 58.6 Å². The lowest BCUT2D eigenvalue weighted by atomic mass is 10.1. The van der Waals surface area contributed by atoms with E-state index >= 15 is 0 Å². The molecule has 1 saturated heterocycles. The third-order valence-corrected chi connectivity index (χ3v) is 6.24. The van der Waals surface area contributed by atoms with Crippen LogP contribution in [0.15, 0.2) is 42.5 Å². The van der Waals surface area contributed by atoms with E-state index in [-0.39, 0.29) is 17.0 Å². The predicted octanol–water partition coefficient (Wildman–Crippen LogP) is 3.21. The molecule has 2 aromatic carbocycles. The molecule has 136 valence electrons. The summed E-state index contributed by atoms with van der Waals surface area (Å²) in [6.07, 6.45) is 0. The topological polar surface area (TPSA) is 83.6 Å². The minimum atomic E-state index is -3.71. The number of halogens is 1. The Morgan fingerprint density at radius 2 is 1.96 bits per heavy atom. The Balaban J connectivity index is 1.90. The fourth-order valence-electron chi connectivity index (χ4n) is 2.82. The maximum absolute atomic E-state index is 12.5. The minimum Gasteiger partial charge on any atom is -0.322 e. The van der Waals surface area contributed by atoms with Crippen LogP contribution in [-0.4, -0.2) is 26.0 Å². The van der Waals surface area contributed by atoms with Gasteiger partial charge in [0.15, 0.2) is 0 Å². The third-order valence-electron chi connectivity index (χ3n) is 4.14. The Morgan fingerprint density at radius 1 is 1.23 bits per heavy atom. The number of aryl methyl sites for hydroxylation is 1. The van der Waals surface area contributed by atoms with Crippen LogP contribution in [0, 0.1) is 12.8 Å². The van der Waals surface area contributed by atoms with Crippen LogP contribution < -0.4 is 9.62 Å². The van der Waals surface area contributed by atoms with Gasteiger partial charge in [-0.1, -0.05) is 24.6 Å². The van der Waals surface area contributed by atoms with E-state index < -0.39 is 27.8 Å². The Kier molecular flexibility index (Phi) is 4.77. The van der Waals surface area contributed by atoms with Crippen molar-refractivity contribution in [2.24, 2.45) is 5.92 Å². The van der Waals surface area contributed by atoms with Gasteiger partial charge in [0.2, 0.25) is 15.9 Å². The molecule has 1 heterocycles. The molecule has 8 heteroatoms. The van der Waals surface area contributed by atoms with Gasteiger partial charge in [-0.2, -0.15) is 0 Å². The molecule has 0 aromatic heterocycles. The predicted molar refractivity (Wildman–Crippen MR) is 101 cm³/mol. The molecule has 1 fully saturated rings. The van der Waals surface area contributed by atoms with Crippen molar-refractivity contribution < 1.29 is 18.0 Å². The summed E-state index contributed by atoms with van der Waals surface area (Å²) in [4.78, 5) is 24.7. The highest BCUT2D eigenvalue weighted by molar-refractivity contribution is 7.94. The second-order valence-electron chi connectivity index (χ2n) is 6.25. The van der Waals surface area contributed by atoms with Crippen molar-refractivity contribution >= 4 is 44.8 Å². The van der Waals surface area contributed by atoms with Crippen molar-refractivity contribution in [2.75, 3.05) is 15.4 Å². The van der Waals surface area contributed by atoms with E-state index in [1.54, 1.807) is 37.3 Å². The second-order valence-corrected chi connectivity index (χ2v) is 8.54. The highest BCUT2D eigenvalue weighted by atomic mass is 35.5. The number of nitrogens with one attached hydrogen (secondary N) is 1. The first-order chi connectivity index (χ1) is 12.2. The van der Waals surface area contributed by atoms with E-state index in [1.807, 2.05) is 6.92 Å². The molecular weight excluding hydrogens is 376 g/mol. The lowest BCUT2D eigenvalue weighted by Crippen LogP contribution is -2.30. The monoisotopic (exact) mass is 392 g/mol. The first-order valence-electron chi connectivity index (χ1n) is 7.93. The van der Waals surface area contributed by atoms with E-state index in [9.17, 15) is 18.0 Å².